The van der Waals surface area contributed by atoms with Crippen molar-refractivity contribution in [3.8, 4) is 0 Å². The third-order valence-electron chi connectivity index (χ3n) is 6.40. The highest BCUT2D eigenvalue weighted by molar-refractivity contribution is 5.94. The van der Waals surface area contributed by atoms with Crippen molar-refractivity contribution in [3.05, 3.63) is 47.8 Å². The number of hydrogen-bond acceptors (Lipinski definition) is 2. The largest absolute Gasteiger partial charge is 0.337 e. The van der Waals surface area contributed by atoms with Crippen LogP contribution < -0.4 is 0 Å². The molecule has 3 unspecified atom stereocenters. The van der Waals surface area contributed by atoms with Crippen LogP contribution >= 0.6 is 0 Å². The highest BCUT2D eigenvalue weighted by atomic mass is 19.1. The second-order valence-corrected chi connectivity index (χ2v) is 8.17. The monoisotopic (exact) mass is 356 g/mol. The summed E-state index contributed by atoms with van der Waals surface area (Å²) in [6.45, 7) is 4.60. The van der Waals surface area contributed by atoms with E-state index in [4.69, 9.17) is 0 Å². The van der Waals surface area contributed by atoms with E-state index in [9.17, 15) is 9.18 Å². The molecule has 2 aliphatic carbocycles. The molecule has 1 heterocycles. The van der Waals surface area contributed by atoms with E-state index in [1.54, 1.807) is 18.2 Å². The Hall–Kier alpha value is -1.68. The summed E-state index contributed by atoms with van der Waals surface area (Å²) in [5, 5.41) is 0. The fourth-order valence-corrected chi connectivity index (χ4v) is 4.91. The van der Waals surface area contributed by atoms with Gasteiger partial charge >= 0.3 is 0 Å². The molecule has 1 amide bonds. The van der Waals surface area contributed by atoms with E-state index in [0.717, 1.165) is 26.2 Å². The smallest absolute Gasteiger partial charge is 0.256 e. The number of nitrogens with zero attached hydrogens (tertiary/aromatic N) is 2. The molecule has 1 aromatic rings. The molecule has 140 valence electrons. The number of carbonyl (C=O) groups is 1. The standard InChI is InChI=1S/C22H29FN2O/c23-21-7-3-2-6-20(21)22(26)25(13-12-24-10-4-1-5-11-24)16-19-15-17-8-9-18(19)14-17/h2-3,6-9,17-19H,1,4-5,10-16H2. The third-order valence-corrected chi connectivity index (χ3v) is 6.40. The second kappa shape index (κ2) is 7.91. The molecule has 3 aliphatic rings. The summed E-state index contributed by atoms with van der Waals surface area (Å²) in [6.07, 6.45) is 10.9. The zero-order chi connectivity index (χ0) is 17.9. The summed E-state index contributed by atoms with van der Waals surface area (Å²) in [5.74, 6) is 1.27. The van der Waals surface area contributed by atoms with Gasteiger partial charge in [0.25, 0.3) is 5.91 Å². The van der Waals surface area contributed by atoms with Gasteiger partial charge in [-0.25, -0.2) is 4.39 Å². The highest BCUT2D eigenvalue weighted by Crippen LogP contribution is 2.43. The molecule has 0 aromatic heterocycles. The maximum Gasteiger partial charge on any atom is 0.256 e. The molecular formula is C22H29FN2O. The number of amides is 1. The number of piperidine rings is 1. The summed E-state index contributed by atoms with van der Waals surface area (Å²) in [4.78, 5) is 17.5. The Labute approximate surface area is 155 Å². The normalized spacial score (nSPS) is 27.8. The van der Waals surface area contributed by atoms with Crippen molar-refractivity contribution >= 4 is 5.91 Å². The molecule has 1 aromatic carbocycles. The highest BCUT2D eigenvalue weighted by Gasteiger charge is 2.37. The Bertz CT molecular complexity index is 668. The van der Waals surface area contributed by atoms with Crippen molar-refractivity contribution < 1.29 is 9.18 Å². The number of allylic oxidation sites excluding steroid dienone is 2. The molecule has 26 heavy (non-hydrogen) atoms. The number of benzene rings is 1. The molecule has 1 saturated carbocycles. The van der Waals surface area contributed by atoms with Gasteiger partial charge in [0.1, 0.15) is 5.82 Å². The predicted molar refractivity (Wildman–Crippen MR) is 101 cm³/mol. The molecule has 4 heteroatoms. The van der Waals surface area contributed by atoms with E-state index in [1.807, 2.05) is 4.90 Å². The topological polar surface area (TPSA) is 23.6 Å². The maximum absolute atomic E-state index is 14.2. The van der Waals surface area contributed by atoms with Crippen LogP contribution in [0.15, 0.2) is 36.4 Å². The Morgan fingerprint density at radius 1 is 1.12 bits per heavy atom. The number of carbonyl (C=O) groups excluding carboxylic acids is 1. The van der Waals surface area contributed by atoms with Crippen molar-refractivity contribution in [1.82, 2.24) is 9.80 Å². The van der Waals surface area contributed by atoms with Crippen LogP contribution in [0, 0.1) is 23.6 Å². The lowest BCUT2D eigenvalue weighted by Gasteiger charge is -2.32. The first-order chi connectivity index (χ1) is 12.7. The lowest BCUT2D eigenvalue weighted by molar-refractivity contribution is 0.0685. The first-order valence-electron chi connectivity index (χ1n) is 10.1. The van der Waals surface area contributed by atoms with Crippen molar-refractivity contribution in [2.24, 2.45) is 17.8 Å². The SMILES string of the molecule is O=C(c1ccccc1F)N(CCN1CCCCC1)CC1CC2C=CC1C2. The molecule has 0 spiro atoms. The number of rotatable bonds is 6. The Morgan fingerprint density at radius 3 is 2.62 bits per heavy atom. The average Bonchev–Trinajstić information content (AvgIpc) is 3.29. The van der Waals surface area contributed by atoms with Gasteiger partial charge in [0, 0.05) is 19.6 Å². The Balaban J connectivity index is 1.45. The number of likely N-dealkylation sites (tertiary alicyclic amines) is 1. The first-order valence-corrected chi connectivity index (χ1v) is 10.1. The lowest BCUT2D eigenvalue weighted by atomic mass is 9.93. The van der Waals surface area contributed by atoms with Gasteiger partial charge in [-0.2, -0.15) is 0 Å². The van der Waals surface area contributed by atoms with E-state index in [-0.39, 0.29) is 11.5 Å². The maximum atomic E-state index is 14.2. The second-order valence-electron chi connectivity index (χ2n) is 8.17. The van der Waals surface area contributed by atoms with Gasteiger partial charge in [-0.05, 0) is 68.7 Å². The van der Waals surface area contributed by atoms with E-state index in [2.05, 4.69) is 17.1 Å². The molecule has 2 bridgehead atoms. The van der Waals surface area contributed by atoms with Gasteiger partial charge in [-0.15, -0.1) is 0 Å². The fourth-order valence-electron chi connectivity index (χ4n) is 4.91. The van der Waals surface area contributed by atoms with Crippen molar-refractivity contribution in [2.45, 2.75) is 32.1 Å². The van der Waals surface area contributed by atoms with Crippen LogP contribution in [0.2, 0.25) is 0 Å². The third kappa shape index (κ3) is 3.85. The molecule has 1 aliphatic heterocycles. The van der Waals surface area contributed by atoms with E-state index < -0.39 is 5.82 Å². The molecule has 4 rings (SSSR count). The summed E-state index contributed by atoms with van der Waals surface area (Å²) >= 11 is 0. The zero-order valence-electron chi connectivity index (χ0n) is 15.4. The minimum absolute atomic E-state index is 0.146. The van der Waals surface area contributed by atoms with Crippen LogP contribution in [0.25, 0.3) is 0 Å². The molecule has 2 fully saturated rings. The predicted octanol–water partition coefficient (Wildman–Crippen LogP) is 3.97. The van der Waals surface area contributed by atoms with Gasteiger partial charge in [0.05, 0.1) is 5.56 Å². The Morgan fingerprint density at radius 2 is 1.92 bits per heavy atom. The molecule has 3 atom stereocenters. The van der Waals surface area contributed by atoms with Gasteiger partial charge in [0.2, 0.25) is 0 Å². The summed E-state index contributed by atoms with van der Waals surface area (Å²) in [6, 6.07) is 6.40. The van der Waals surface area contributed by atoms with E-state index in [0.29, 0.717) is 24.3 Å². The first kappa shape index (κ1) is 17.7. The van der Waals surface area contributed by atoms with E-state index >= 15 is 0 Å². The fraction of sp³-hybridized carbons (Fsp3) is 0.591. The zero-order valence-corrected chi connectivity index (χ0v) is 15.4. The number of hydrogen-bond donors (Lipinski definition) is 0. The van der Waals surface area contributed by atoms with Gasteiger partial charge < -0.3 is 9.80 Å². The summed E-state index contributed by atoms with van der Waals surface area (Å²) in [5.41, 5.74) is 0.213. The molecule has 1 saturated heterocycles. The van der Waals surface area contributed by atoms with Crippen LogP contribution in [0.5, 0.6) is 0 Å². The quantitative estimate of drug-likeness (QED) is 0.720. The van der Waals surface area contributed by atoms with Crippen molar-refractivity contribution in [3.63, 3.8) is 0 Å². The van der Waals surface area contributed by atoms with Crippen LogP contribution in [-0.2, 0) is 0 Å². The van der Waals surface area contributed by atoms with Gasteiger partial charge in [-0.1, -0.05) is 30.7 Å². The van der Waals surface area contributed by atoms with Crippen molar-refractivity contribution in [2.75, 3.05) is 32.7 Å². The molecule has 3 nitrogen and oxygen atoms in total. The van der Waals surface area contributed by atoms with Crippen molar-refractivity contribution in [1.29, 1.82) is 0 Å². The van der Waals surface area contributed by atoms with Crippen LogP contribution in [0.3, 0.4) is 0 Å². The minimum atomic E-state index is -0.409. The van der Waals surface area contributed by atoms with E-state index in [1.165, 1.54) is 38.2 Å². The lowest BCUT2D eigenvalue weighted by Crippen LogP contribution is -2.43. The number of fused-ring (bicyclic) bond motifs is 2. The minimum Gasteiger partial charge on any atom is -0.337 e. The molecular weight excluding hydrogens is 327 g/mol. The van der Waals surface area contributed by atoms with Gasteiger partial charge in [-0.3, -0.25) is 4.79 Å². The summed E-state index contributed by atoms with van der Waals surface area (Å²) in [7, 11) is 0. The average molecular weight is 356 g/mol. The van der Waals surface area contributed by atoms with Crippen LogP contribution in [0.4, 0.5) is 4.39 Å². The summed E-state index contributed by atoms with van der Waals surface area (Å²) < 4.78 is 14.2. The molecule has 0 N–H and O–H groups in total. The van der Waals surface area contributed by atoms with Crippen LogP contribution in [-0.4, -0.2) is 48.4 Å². The Kier molecular flexibility index (Phi) is 5.39. The van der Waals surface area contributed by atoms with Crippen LogP contribution in [0.1, 0.15) is 42.5 Å². The number of halogens is 1. The molecule has 0 radical (unpaired) electrons. The van der Waals surface area contributed by atoms with Gasteiger partial charge in [0.15, 0.2) is 0 Å².